The number of rotatable bonds is 7. The van der Waals surface area contributed by atoms with Gasteiger partial charge in [-0.15, -0.1) is 12.6 Å². The van der Waals surface area contributed by atoms with Gasteiger partial charge in [-0.3, -0.25) is 39.5 Å². The summed E-state index contributed by atoms with van der Waals surface area (Å²) < 4.78 is 8.65. The predicted octanol–water partition coefficient (Wildman–Crippen LogP) is 26.6. The van der Waals surface area contributed by atoms with E-state index in [0.29, 0.717) is 16.9 Å². The van der Waals surface area contributed by atoms with Crippen molar-refractivity contribution in [3.63, 3.8) is 0 Å². The number of aryl methyl sites for hydroxylation is 2. The van der Waals surface area contributed by atoms with Gasteiger partial charge in [0.25, 0.3) is 17.1 Å². The number of halogens is 4. The lowest BCUT2D eigenvalue weighted by atomic mass is 9.86. The zero-order valence-electron chi connectivity index (χ0n) is 58.2. The van der Waals surface area contributed by atoms with Crippen molar-refractivity contribution in [3.8, 4) is 33.6 Å². The number of fused-ring (bicyclic) bond motifs is 10. The number of nitrogens with two attached hydrogens (primary N) is 1. The number of nitro groups is 3. The Bertz CT molecular complexity index is 6390. The fourth-order valence-corrected chi connectivity index (χ4v) is 21.4. The molecule has 4 aliphatic heterocycles. The molecule has 20 rings (SSSR count). The highest BCUT2D eigenvalue weighted by molar-refractivity contribution is 9.11. The quantitative estimate of drug-likeness (QED) is 0.0504. The van der Waals surface area contributed by atoms with E-state index in [1.165, 1.54) is 125 Å². The molecule has 23 heteroatoms. The number of nitrogens with zero attached hydrogens (tertiary/aromatic N) is 7. The van der Waals surface area contributed by atoms with Gasteiger partial charge in [-0.2, -0.15) is 0 Å². The summed E-state index contributed by atoms with van der Waals surface area (Å²) in [5.74, 6) is 2.07. The monoisotopic (exact) mass is 1790 g/mol. The van der Waals surface area contributed by atoms with Gasteiger partial charge >= 0.3 is 0 Å². The highest BCUT2D eigenvalue weighted by Crippen LogP contribution is 2.51. The summed E-state index contributed by atoms with van der Waals surface area (Å²) in [5, 5.41) is 38.3. The largest absolute Gasteiger partial charge is 0.398 e. The molecule has 0 amide bonds. The van der Waals surface area contributed by atoms with Crippen LogP contribution in [-0.2, 0) is 19.3 Å². The second-order valence-corrected chi connectivity index (χ2v) is 34.6. The molecular weight excluding hydrogens is 1730 g/mol. The molecule has 2 N–H and O–H groups in total. The van der Waals surface area contributed by atoms with Crippen molar-refractivity contribution in [2.24, 2.45) is 0 Å². The van der Waals surface area contributed by atoms with Gasteiger partial charge < -0.3 is 5.73 Å². The maximum absolute atomic E-state index is 11.1. The molecule has 0 spiro atoms. The van der Waals surface area contributed by atoms with Crippen LogP contribution in [0.3, 0.4) is 0 Å². The minimum Gasteiger partial charge on any atom is -0.398 e. The summed E-state index contributed by atoms with van der Waals surface area (Å²) in [4.78, 5) is 51.6. The molecule has 0 unspecified atom stereocenters. The molecule has 2 aromatic heterocycles. The smallest absolute Gasteiger partial charge is 0.279 e. The Morgan fingerprint density at radius 3 is 1.35 bits per heavy atom. The number of imidazole rings is 2. The average molecular weight is 1790 g/mol. The van der Waals surface area contributed by atoms with Crippen LogP contribution in [0.5, 0.6) is 0 Å². The van der Waals surface area contributed by atoms with Crippen molar-refractivity contribution in [2.45, 2.75) is 77.2 Å². The van der Waals surface area contributed by atoms with E-state index < -0.39 is 9.85 Å². The molecule has 0 saturated carbocycles. The molecule has 0 radical (unpaired) electrons. The lowest BCUT2D eigenvalue weighted by molar-refractivity contribution is -0.395. The van der Waals surface area contributed by atoms with Crippen LogP contribution in [0.15, 0.2) is 323 Å². The molecule has 0 saturated heterocycles. The Kier molecular flexibility index (Phi) is 21.3. The molecule has 14 nitrogen and oxygen atoms in total. The van der Waals surface area contributed by atoms with E-state index in [4.69, 9.17) is 10.7 Å². The molecule has 0 bridgehead atoms. The molecule has 0 fully saturated rings. The van der Waals surface area contributed by atoms with Crippen LogP contribution in [0, 0.1) is 44.2 Å². The van der Waals surface area contributed by atoms with E-state index in [-0.39, 0.29) is 34.0 Å². The van der Waals surface area contributed by atoms with Crippen LogP contribution in [-0.4, -0.2) is 33.9 Å². The lowest BCUT2D eigenvalue weighted by Crippen LogP contribution is -2.03. The van der Waals surface area contributed by atoms with Crippen molar-refractivity contribution >= 4 is 190 Å². The number of aromatic nitrogens is 4. The number of anilines is 1. The van der Waals surface area contributed by atoms with Crippen LogP contribution in [0.1, 0.15) is 45.0 Å². The second kappa shape index (κ2) is 31.5. The first-order chi connectivity index (χ1) is 53.3. The number of thiol groups is 1. The van der Waals surface area contributed by atoms with E-state index in [1.54, 1.807) is 53.9 Å². The molecule has 0 atom stereocenters. The molecule has 16 aromatic rings. The van der Waals surface area contributed by atoms with Gasteiger partial charge in [0.1, 0.15) is 17.2 Å². The Hall–Kier alpha value is -9.79. The van der Waals surface area contributed by atoms with Crippen LogP contribution in [0.2, 0.25) is 0 Å². The van der Waals surface area contributed by atoms with Crippen LogP contribution in [0.4, 0.5) is 22.7 Å². The molecule has 0 aliphatic carbocycles. The minimum absolute atomic E-state index is 0.0690. The minimum atomic E-state index is -0.612. The summed E-state index contributed by atoms with van der Waals surface area (Å²) in [6.07, 6.45) is 1.64. The van der Waals surface area contributed by atoms with Crippen LogP contribution in [0.25, 0.3) is 77.2 Å². The Morgan fingerprint density at radius 2 is 0.818 bits per heavy atom. The van der Waals surface area contributed by atoms with Crippen molar-refractivity contribution in [3.05, 3.63) is 354 Å². The van der Waals surface area contributed by atoms with E-state index in [1.807, 2.05) is 53.9 Å². The molecule has 110 heavy (non-hydrogen) atoms. The molecule has 4 aliphatic rings. The second-order valence-electron chi connectivity index (χ2n) is 26.1. The van der Waals surface area contributed by atoms with Gasteiger partial charge in [0.15, 0.2) is 0 Å². The first-order valence-corrected chi connectivity index (χ1v) is 41.4. The molecule has 14 aromatic carbocycles. The Labute approximate surface area is 687 Å². The topological polar surface area (TPSA) is 191 Å². The number of para-hydroxylation sites is 2. The zero-order valence-corrected chi connectivity index (χ0v) is 68.7. The first-order valence-electron chi connectivity index (χ1n) is 34.5. The summed E-state index contributed by atoms with van der Waals surface area (Å²) in [5.41, 5.74) is 24.0. The average Bonchev–Trinajstić information content (AvgIpc) is 1.34. The Morgan fingerprint density at radius 1 is 0.409 bits per heavy atom. The maximum Gasteiger partial charge on any atom is 0.279 e. The van der Waals surface area contributed by atoms with Gasteiger partial charge in [0, 0.05) is 111 Å². The highest BCUT2D eigenvalue weighted by atomic mass is 79.9. The fourth-order valence-electron chi connectivity index (χ4n) is 14.4. The number of hydrogen-bond acceptors (Lipinski definition) is 14. The van der Waals surface area contributed by atoms with Gasteiger partial charge in [0.05, 0.1) is 48.2 Å². The van der Waals surface area contributed by atoms with Crippen molar-refractivity contribution in [2.75, 3.05) is 5.73 Å². The summed E-state index contributed by atoms with van der Waals surface area (Å²) in [6, 6.07) is 87.5. The predicted molar refractivity (Wildman–Crippen MR) is 463 cm³/mol. The zero-order chi connectivity index (χ0) is 76.2. The molecular formula is C87H58Br4N8O6S5. The summed E-state index contributed by atoms with van der Waals surface area (Å²) in [7, 11) is 0. The van der Waals surface area contributed by atoms with E-state index in [2.05, 4.69) is 286 Å². The normalized spacial score (nSPS) is 12.2. The van der Waals surface area contributed by atoms with Crippen molar-refractivity contribution in [1.82, 2.24) is 19.1 Å². The number of hydrogen-bond donors (Lipinski definition) is 2. The van der Waals surface area contributed by atoms with Gasteiger partial charge in [-0.05, 0) is 195 Å². The van der Waals surface area contributed by atoms with E-state index >= 15 is 0 Å². The van der Waals surface area contributed by atoms with Crippen molar-refractivity contribution < 1.29 is 14.8 Å². The third-order valence-electron chi connectivity index (χ3n) is 19.3. The summed E-state index contributed by atoms with van der Waals surface area (Å²) in [6.45, 7) is 4.16. The third kappa shape index (κ3) is 14.7. The lowest BCUT2D eigenvalue weighted by Gasteiger charge is -2.22. The molecule has 540 valence electrons. The first kappa shape index (κ1) is 74.3. The van der Waals surface area contributed by atoms with Crippen LogP contribution >= 0.6 is 123 Å². The number of nitrogen functional groups attached to an aromatic ring is 1. The SMILES string of the molecule is Cc1nc2cccc3c2n1-c1ccc(-c2c4ccccc4c(-c4ccccc4)c4ccccc24)cc1S3.Cc1nc2cccc3c2n1-c1ccc(Br)cc1S3.Nc1cccc2c1Cc1ccc(Br)cc1S2.O=[N+]([O-])c1cccc([N+](=O)[O-])c1Cc1ccc(Br)cc1S.O=[N+]([O-])c1cccc2c1Cc1ccc(Br)cc1S2. The summed E-state index contributed by atoms with van der Waals surface area (Å²) >= 11 is 25.1. The van der Waals surface area contributed by atoms with Gasteiger partial charge in [0.2, 0.25) is 0 Å². The maximum atomic E-state index is 11.1. The van der Waals surface area contributed by atoms with Crippen molar-refractivity contribution in [1.29, 1.82) is 0 Å². The fraction of sp³-hybridized carbons (Fsp3) is 0.0575. The van der Waals surface area contributed by atoms with Gasteiger partial charge in [-0.1, -0.05) is 238 Å². The molecule has 6 heterocycles. The van der Waals surface area contributed by atoms with Gasteiger partial charge in [-0.25, -0.2) is 9.97 Å². The number of nitro benzene ring substituents is 3. The number of benzene rings is 14. The van der Waals surface area contributed by atoms with Crippen LogP contribution < -0.4 is 5.73 Å². The Balaban J connectivity index is 0.000000109. The highest BCUT2D eigenvalue weighted by Gasteiger charge is 2.29. The third-order valence-corrected chi connectivity index (χ3v) is 26.3. The van der Waals surface area contributed by atoms with E-state index in [9.17, 15) is 30.3 Å². The van der Waals surface area contributed by atoms with E-state index in [0.717, 1.165) is 73.6 Å². The standard InChI is InChI=1S/C34H22N2S.C14H9BrN2S.C13H9BrN2O4S.C13H8BrNO2S.C13H10BrNS/c1-21-35-28-16-9-17-30-34(28)36(21)29-19-18-23(20-31(29)37-30)33-26-14-7-5-12-24(26)32(22-10-3-2-4-11-22)25-13-6-8-15-27(25)33;1-8-16-10-3-2-4-12-14(10)17(8)11-6-5-9(15)7-13(11)18-12;14-9-5-4-8(13(21)7-9)6-10-11(15(17)18)2-1-3-12(10)16(19)20;14-9-5-4-8-6-10-11(15(16)17)2-1-3-12(10)18-13(8)7-9;14-9-5-4-8-6-10-11(15)2-1-3-12(10)16-13(8)7-9/h2-20H,1H3;2-7H,1H3;1-5,7,21H,6H2;1-5,7H,6H2;1-5,7H,6,15H2.